The summed E-state index contributed by atoms with van der Waals surface area (Å²) in [6.07, 6.45) is 0. The molecule has 0 bridgehead atoms. The second-order valence-electron chi connectivity index (χ2n) is 7.70. The van der Waals surface area contributed by atoms with E-state index >= 15 is 0 Å². The number of benzene rings is 2. The Labute approximate surface area is 206 Å². The molecule has 35 heavy (non-hydrogen) atoms. The third-order valence-electron chi connectivity index (χ3n) is 5.81. The van der Waals surface area contributed by atoms with Crippen molar-refractivity contribution in [1.82, 2.24) is 4.90 Å². The Morgan fingerprint density at radius 3 is 2.11 bits per heavy atom. The number of amides is 1. The second kappa shape index (κ2) is 10.1. The van der Waals surface area contributed by atoms with Crippen molar-refractivity contribution in [2.24, 2.45) is 0 Å². The van der Waals surface area contributed by atoms with Crippen molar-refractivity contribution in [2.45, 2.75) is 12.6 Å². The molecule has 1 aromatic heterocycles. The third kappa shape index (κ3) is 4.42. The van der Waals surface area contributed by atoms with Crippen LogP contribution in [0, 0.1) is 0 Å². The number of ether oxygens (including phenoxy) is 4. The molecule has 8 nitrogen and oxygen atoms in total. The Morgan fingerprint density at radius 2 is 1.51 bits per heavy atom. The van der Waals surface area contributed by atoms with Crippen LogP contribution in [0.25, 0.3) is 5.76 Å². The van der Waals surface area contributed by atoms with Gasteiger partial charge in [0.05, 0.1) is 40.1 Å². The molecule has 2 aromatic carbocycles. The summed E-state index contributed by atoms with van der Waals surface area (Å²) in [6, 6.07) is 13.1. The van der Waals surface area contributed by atoms with E-state index in [0.717, 1.165) is 10.4 Å². The van der Waals surface area contributed by atoms with Crippen LogP contribution in [-0.4, -0.2) is 50.1 Å². The molecule has 0 aliphatic carbocycles. The molecule has 1 aliphatic heterocycles. The number of thiophene rings is 1. The topological polar surface area (TPSA) is 94.5 Å². The molecule has 1 atom stereocenters. The first-order valence-corrected chi connectivity index (χ1v) is 11.6. The number of carbonyl (C=O) groups excluding carboxylic acids is 2. The second-order valence-corrected chi connectivity index (χ2v) is 8.68. The van der Waals surface area contributed by atoms with Crippen molar-refractivity contribution in [3.05, 3.63) is 75.5 Å². The molecular formula is C26H25NO7S. The highest BCUT2D eigenvalue weighted by Crippen LogP contribution is 2.43. The number of likely N-dealkylation sites (tertiary alicyclic amines) is 1. The van der Waals surface area contributed by atoms with E-state index in [2.05, 4.69) is 0 Å². The standard InChI is InChI=1S/C26H25NO7S/c1-31-17-9-7-15(12-19(17)33-3)14-27-23(21-6-5-11-35-21)22(25(29)26(27)30)24(28)16-8-10-18(32-2)20(13-16)34-4/h5-13,23,28H,14H2,1-4H3/b24-22-. The first kappa shape index (κ1) is 24.2. The van der Waals surface area contributed by atoms with Gasteiger partial charge in [-0.25, -0.2) is 0 Å². The third-order valence-corrected chi connectivity index (χ3v) is 6.74. The van der Waals surface area contributed by atoms with Gasteiger partial charge in [-0.1, -0.05) is 12.1 Å². The quantitative estimate of drug-likeness (QED) is 0.281. The predicted octanol–water partition coefficient (Wildman–Crippen LogP) is 4.40. The van der Waals surface area contributed by atoms with E-state index in [1.807, 2.05) is 17.5 Å². The maximum Gasteiger partial charge on any atom is 0.295 e. The van der Waals surface area contributed by atoms with E-state index < -0.39 is 17.7 Å². The monoisotopic (exact) mass is 495 g/mol. The first-order chi connectivity index (χ1) is 16.9. The molecule has 3 aromatic rings. The minimum absolute atomic E-state index is 0.0187. The molecule has 0 spiro atoms. The maximum atomic E-state index is 13.2. The summed E-state index contributed by atoms with van der Waals surface area (Å²) in [5.41, 5.74) is 1.11. The van der Waals surface area contributed by atoms with E-state index in [1.54, 1.807) is 43.5 Å². The number of nitrogens with zero attached hydrogens (tertiary/aromatic N) is 1. The highest BCUT2D eigenvalue weighted by atomic mass is 32.1. The van der Waals surface area contributed by atoms with Crippen molar-refractivity contribution in [3.63, 3.8) is 0 Å². The zero-order valence-corrected chi connectivity index (χ0v) is 20.5. The lowest BCUT2D eigenvalue weighted by molar-refractivity contribution is -0.140. The largest absolute Gasteiger partial charge is 0.507 e. The van der Waals surface area contributed by atoms with Crippen LogP contribution in [-0.2, 0) is 16.1 Å². The number of aliphatic hydroxyl groups is 1. The van der Waals surface area contributed by atoms with Crippen molar-refractivity contribution in [1.29, 1.82) is 0 Å². The van der Waals surface area contributed by atoms with Crippen LogP contribution in [0.4, 0.5) is 0 Å². The van der Waals surface area contributed by atoms with Crippen molar-refractivity contribution < 1.29 is 33.6 Å². The predicted molar refractivity (Wildman–Crippen MR) is 131 cm³/mol. The Morgan fingerprint density at radius 1 is 0.886 bits per heavy atom. The van der Waals surface area contributed by atoms with E-state index in [9.17, 15) is 14.7 Å². The zero-order valence-electron chi connectivity index (χ0n) is 19.7. The van der Waals surface area contributed by atoms with Crippen LogP contribution < -0.4 is 18.9 Å². The van der Waals surface area contributed by atoms with E-state index in [-0.39, 0.29) is 17.9 Å². The fraction of sp³-hybridized carbons (Fsp3) is 0.231. The summed E-state index contributed by atoms with van der Waals surface area (Å²) in [5, 5.41) is 13.1. The molecule has 1 fully saturated rings. The van der Waals surface area contributed by atoms with Crippen LogP contribution in [0.5, 0.6) is 23.0 Å². The highest BCUT2D eigenvalue weighted by Gasteiger charge is 2.46. The first-order valence-electron chi connectivity index (χ1n) is 10.7. The molecule has 2 heterocycles. The van der Waals surface area contributed by atoms with Gasteiger partial charge in [-0.05, 0) is 47.3 Å². The van der Waals surface area contributed by atoms with Gasteiger partial charge in [0.2, 0.25) is 0 Å². The van der Waals surface area contributed by atoms with E-state index in [1.165, 1.54) is 37.6 Å². The van der Waals surface area contributed by atoms with E-state index in [4.69, 9.17) is 18.9 Å². The molecule has 9 heteroatoms. The Balaban J connectivity index is 1.80. The van der Waals surface area contributed by atoms with Crippen molar-refractivity contribution in [3.8, 4) is 23.0 Å². The molecule has 1 amide bonds. The number of Topliss-reactive ketones (excluding diaryl/α,β-unsaturated/α-hetero) is 1. The van der Waals surface area contributed by atoms with Gasteiger partial charge in [0.1, 0.15) is 5.76 Å². The minimum Gasteiger partial charge on any atom is -0.507 e. The minimum atomic E-state index is -0.754. The lowest BCUT2D eigenvalue weighted by atomic mass is 9.99. The van der Waals surface area contributed by atoms with Gasteiger partial charge in [0.15, 0.2) is 23.0 Å². The Kier molecular flexibility index (Phi) is 6.97. The molecule has 1 N–H and O–H groups in total. The van der Waals surface area contributed by atoms with Crippen molar-refractivity contribution in [2.75, 3.05) is 28.4 Å². The van der Waals surface area contributed by atoms with Gasteiger partial charge in [0, 0.05) is 17.0 Å². The molecule has 1 aliphatic rings. The fourth-order valence-electron chi connectivity index (χ4n) is 4.10. The van der Waals surface area contributed by atoms with Crippen LogP contribution in [0.15, 0.2) is 59.5 Å². The van der Waals surface area contributed by atoms with Crippen LogP contribution in [0.1, 0.15) is 22.0 Å². The average Bonchev–Trinajstić information content (AvgIpc) is 3.50. The van der Waals surface area contributed by atoms with Crippen molar-refractivity contribution >= 4 is 28.8 Å². The smallest absolute Gasteiger partial charge is 0.295 e. The van der Waals surface area contributed by atoms with Gasteiger partial charge < -0.3 is 29.0 Å². The summed E-state index contributed by atoms with van der Waals surface area (Å²) >= 11 is 1.40. The number of methoxy groups -OCH3 is 4. The number of rotatable bonds is 8. The summed E-state index contributed by atoms with van der Waals surface area (Å²) in [5.74, 6) is 0.214. The van der Waals surface area contributed by atoms with Crippen LogP contribution in [0.3, 0.4) is 0 Å². The normalized spacial score (nSPS) is 16.9. The Bertz CT molecular complexity index is 1280. The summed E-state index contributed by atoms with van der Waals surface area (Å²) in [7, 11) is 6.06. The highest BCUT2D eigenvalue weighted by molar-refractivity contribution is 7.10. The lowest BCUT2D eigenvalue weighted by Crippen LogP contribution is -2.28. The average molecular weight is 496 g/mol. The fourth-order valence-corrected chi connectivity index (χ4v) is 4.95. The molecule has 4 rings (SSSR count). The maximum absolute atomic E-state index is 13.2. The molecule has 0 radical (unpaired) electrons. The zero-order chi connectivity index (χ0) is 25.1. The van der Waals surface area contributed by atoms with Gasteiger partial charge in [0.25, 0.3) is 11.7 Å². The number of carbonyl (C=O) groups is 2. The number of hydrogen-bond donors (Lipinski definition) is 1. The Hall–Kier alpha value is -3.98. The number of ketones is 1. The lowest BCUT2D eigenvalue weighted by Gasteiger charge is -2.24. The summed E-state index contributed by atoms with van der Waals surface area (Å²) < 4.78 is 21.3. The van der Waals surface area contributed by atoms with Gasteiger partial charge in [-0.2, -0.15) is 0 Å². The van der Waals surface area contributed by atoms with Gasteiger partial charge >= 0.3 is 0 Å². The van der Waals surface area contributed by atoms with Gasteiger partial charge in [-0.15, -0.1) is 11.3 Å². The molecular weight excluding hydrogens is 470 g/mol. The number of aliphatic hydroxyl groups excluding tert-OH is 1. The molecule has 1 saturated heterocycles. The molecule has 1 unspecified atom stereocenters. The molecule has 182 valence electrons. The van der Waals surface area contributed by atoms with E-state index in [0.29, 0.717) is 28.6 Å². The van der Waals surface area contributed by atoms with Crippen LogP contribution in [0.2, 0.25) is 0 Å². The summed E-state index contributed by atoms with van der Waals surface area (Å²) in [6.45, 7) is 0.135. The van der Waals surface area contributed by atoms with Crippen LogP contribution >= 0.6 is 11.3 Å². The number of hydrogen-bond acceptors (Lipinski definition) is 8. The molecule has 0 saturated carbocycles. The van der Waals surface area contributed by atoms with Gasteiger partial charge in [-0.3, -0.25) is 9.59 Å². The SMILES string of the molecule is COc1ccc(CN2C(=O)C(=O)/C(=C(\O)c3ccc(OC)c(OC)c3)C2c2cccs2)cc1OC. The summed E-state index contributed by atoms with van der Waals surface area (Å²) in [4.78, 5) is 28.6.